The van der Waals surface area contributed by atoms with Gasteiger partial charge in [-0.2, -0.15) is 0 Å². The molecule has 0 spiro atoms. The van der Waals surface area contributed by atoms with E-state index in [-0.39, 0.29) is 24.0 Å². The Balaban J connectivity index is 2.24. The molecule has 2 rings (SSSR count). The molecule has 2 atom stereocenters. The van der Waals surface area contributed by atoms with Gasteiger partial charge in [-0.25, -0.2) is 0 Å². The van der Waals surface area contributed by atoms with E-state index in [1.165, 1.54) is 0 Å². The summed E-state index contributed by atoms with van der Waals surface area (Å²) >= 11 is 0. The molecule has 0 unspecified atom stereocenters. The van der Waals surface area contributed by atoms with Crippen LogP contribution in [0.15, 0.2) is 54.6 Å². The van der Waals surface area contributed by atoms with Crippen LogP contribution in [-0.4, -0.2) is 33.1 Å². The van der Waals surface area contributed by atoms with Gasteiger partial charge >= 0.3 is 0 Å². The summed E-state index contributed by atoms with van der Waals surface area (Å²) in [6.07, 6.45) is 2.68. The predicted molar refractivity (Wildman–Crippen MR) is 81.1 cm³/mol. The maximum atomic E-state index is 9.96. The number of phenols is 2. The van der Waals surface area contributed by atoms with Crippen molar-refractivity contribution >= 4 is 6.08 Å². The van der Waals surface area contributed by atoms with Crippen molar-refractivity contribution < 1.29 is 20.4 Å². The first kappa shape index (κ1) is 15.1. The van der Waals surface area contributed by atoms with Crippen molar-refractivity contribution in [3.8, 4) is 11.5 Å². The Hall–Kier alpha value is -2.30. The lowest BCUT2D eigenvalue weighted by molar-refractivity contribution is 0.0842. The van der Waals surface area contributed by atoms with Gasteiger partial charge in [0.1, 0.15) is 11.5 Å². The molecular weight excluding hydrogens is 268 g/mol. The molecular formula is C17H18O4. The maximum absolute atomic E-state index is 9.96. The molecule has 0 radical (unpaired) electrons. The minimum absolute atomic E-state index is 0.151. The van der Waals surface area contributed by atoms with E-state index in [4.69, 9.17) is 0 Å². The van der Waals surface area contributed by atoms with E-state index in [1.807, 2.05) is 6.08 Å². The summed E-state index contributed by atoms with van der Waals surface area (Å²) in [6, 6.07) is 13.2. The summed E-state index contributed by atoms with van der Waals surface area (Å²) < 4.78 is 0. The molecule has 0 aliphatic carbocycles. The van der Waals surface area contributed by atoms with E-state index < -0.39 is 6.10 Å². The van der Waals surface area contributed by atoms with Gasteiger partial charge in [-0.05, 0) is 35.4 Å². The van der Waals surface area contributed by atoms with Crippen molar-refractivity contribution in [1.29, 1.82) is 0 Å². The largest absolute Gasteiger partial charge is 0.508 e. The summed E-state index contributed by atoms with van der Waals surface area (Å²) in [5, 5.41) is 37.7. The Kier molecular flexibility index (Phi) is 4.98. The third-order valence-corrected chi connectivity index (χ3v) is 3.27. The highest BCUT2D eigenvalue weighted by atomic mass is 16.3. The first-order chi connectivity index (χ1) is 10.1. The monoisotopic (exact) mass is 286 g/mol. The topological polar surface area (TPSA) is 80.9 Å². The van der Waals surface area contributed by atoms with Gasteiger partial charge in [0.25, 0.3) is 0 Å². The summed E-state index contributed by atoms with van der Waals surface area (Å²) in [7, 11) is 0. The van der Waals surface area contributed by atoms with Crippen LogP contribution in [0.1, 0.15) is 17.0 Å². The summed E-state index contributed by atoms with van der Waals surface area (Å²) in [6.45, 7) is -0.356. The van der Waals surface area contributed by atoms with E-state index in [2.05, 4.69) is 0 Å². The SMILES string of the molecule is OC[C@@H](O)[C@H](C=Cc1ccc(O)cc1)c1ccc(O)cc1. The zero-order chi connectivity index (χ0) is 15.2. The highest BCUT2D eigenvalue weighted by Gasteiger charge is 2.17. The zero-order valence-corrected chi connectivity index (χ0v) is 11.4. The number of aliphatic hydroxyl groups excluding tert-OH is 2. The van der Waals surface area contributed by atoms with E-state index in [0.717, 1.165) is 11.1 Å². The fourth-order valence-electron chi connectivity index (χ4n) is 2.07. The third-order valence-electron chi connectivity index (χ3n) is 3.27. The average molecular weight is 286 g/mol. The van der Waals surface area contributed by atoms with Crippen molar-refractivity contribution in [3.05, 3.63) is 65.7 Å². The molecule has 21 heavy (non-hydrogen) atoms. The molecule has 0 amide bonds. The third kappa shape index (κ3) is 4.08. The van der Waals surface area contributed by atoms with Gasteiger partial charge in [0.05, 0.1) is 12.7 Å². The molecule has 0 fully saturated rings. The standard InChI is InChI=1S/C17H18O4/c18-11-17(21)16(13-4-8-15(20)9-5-13)10-3-12-1-6-14(19)7-2-12/h1-10,16-21H,11H2/t16-,17-/m1/s1. The zero-order valence-electron chi connectivity index (χ0n) is 11.4. The summed E-state index contributed by atoms with van der Waals surface area (Å²) in [5.41, 5.74) is 1.67. The van der Waals surface area contributed by atoms with Gasteiger partial charge in [0.2, 0.25) is 0 Å². The van der Waals surface area contributed by atoms with Gasteiger partial charge in [0.15, 0.2) is 0 Å². The molecule has 0 aromatic heterocycles. The molecule has 2 aromatic rings. The van der Waals surface area contributed by atoms with E-state index in [9.17, 15) is 20.4 Å². The van der Waals surface area contributed by atoms with Crippen LogP contribution in [0.4, 0.5) is 0 Å². The second kappa shape index (κ2) is 6.92. The van der Waals surface area contributed by atoms with Crippen LogP contribution >= 0.6 is 0 Å². The highest BCUT2D eigenvalue weighted by Crippen LogP contribution is 2.25. The minimum atomic E-state index is -0.928. The Morgan fingerprint density at radius 1 is 0.857 bits per heavy atom. The van der Waals surface area contributed by atoms with E-state index in [1.54, 1.807) is 54.6 Å². The fourth-order valence-corrected chi connectivity index (χ4v) is 2.07. The van der Waals surface area contributed by atoms with Crippen molar-refractivity contribution in [2.45, 2.75) is 12.0 Å². The number of aliphatic hydroxyl groups is 2. The van der Waals surface area contributed by atoms with Crippen LogP contribution in [0.25, 0.3) is 6.08 Å². The number of benzene rings is 2. The predicted octanol–water partition coefficient (Wildman–Crippen LogP) is 2.25. The number of rotatable bonds is 5. The van der Waals surface area contributed by atoms with E-state index in [0.29, 0.717) is 0 Å². The lowest BCUT2D eigenvalue weighted by atomic mass is 9.92. The lowest BCUT2D eigenvalue weighted by Gasteiger charge is -2.18. The molecule has 0 saturated carbocycles. The van der Waals surface area contributed by atoms with Crippen molar-refractivity contribution in [3.63, 3.8) is 0 Å². The van der Waals surface area contributed by atoms with Crippen LogP contribution in [0, 0.1) is 0 Å². The Labute approximate surface area is 123 Å². The second-order valence-corrected chi connectivity index (χ2v) is 4.82. The molecule has 4 N–H and O–H groups in total. The molecule has 0 aliphatic rings. The first-order valence-corrected chi connectivity index (χ1v) is 6.65. The van der Waals surface area contributed by atoms with Crippen LogP contribution < -0.4 is 0 Å². The lowest BCUT2D eigenvalue weighted by Crippen LogP contribution is -2.20. The van der Waals surface area contributed by atoms with Crippen LogP contribution in [-0.2, 0) is 0 Å². The molecule has 0 aliphatic heterocycles. The van der Waals surface area contributed by atoms with Crippen molar-refractivity contribution in [1.82, 2.24) is 0 Å². The Morgan fingerprint density at radius 2 is 1.38 bits per heavy atom. The number of hydrogen-bond acceptors (Lipinski definition) is 4. The van der Waals surface area contributed by atoms with Crippen LogP contribution in [0.2, 0.25) is 0 Å². The molecule has 0 heterocycles. The van der Waals surface area contributed by atoms with Gasteiger partial charge in [-0.15, -0.1) is 0 Å². The molecule has 0 saturated heterocycles. The minimum Gasteiger partial charge on any atom is -0.508 e. The average Bonchev–Trinajstić information content (AvgIpc) is 2.50. The van der Waals surface area contributed by atoms with Crippen molar-refractivity contribution in [2.75, 3.05) is 6.61 Å². The highest BCUT2D eigenvalue weighted by molar-refractivity contribution is 5.52. The number of aromatic hydroxyl groups is 2. The number of phenolic OH excluding ortho intramolecular Hbond substituents is 2. The Bertz CT molecular complexity index is 587. The Morgan fingerprint density at radius 3 is 1.90 bits per heavy atom. The molecule has 2 aromatic carbocycles. The van der Waals surface area contributed by atoms with Crippen LogP contribution in [0.5, 0.6) is 11.5 Å². The molecule has 4 nitrogen and oxygen atoms in total. The van der Waals surface area contributed by atoms with E-state index >= 15 is 0 Å². The molecule has 110 valence electrons. The molecule has 4 heteroatoms. The molecule has 0 bridgehead atoms. The number of hydrogen-bond donors (Lipinski definition) is 4. The quantitative estimate of drug-likeness (QED) is 0.679. The van der Waals surface area contributed by atoms with Gasteiger partial charge in [-0.3, -0.25) is 0 Å². The van der Waals surface area contributed by atoms with Crippen LogP contribution in [0.3, 0.4) is 0 Å². The van der Waals surface area contributed by atoms with Gasteiger partial charge < -0.3 is 20.4 Å². The smallest absolute Gasteiger partial charge is 0.115 e. The fraction of sp³-hybridized carbons (Fsp3) is 0.176. The first-order valence-electron chi connectivity index (χ1n) is 6.65. The summed E-state index contributed by atoms with van der Waals surface area (Å²) in [5.74, 6) is -0.0412. The van der Waals surface area contributed by atoms with Gasteiger partial charge in [0, 0.05) is 5.92 Å². The maximum Gasteiger partial charge on any atom is 0.115 e. The summed E-state index contributed by atoms with van der Waals surface area (Å²) in [4.78, 5) is 0. The van der Waals surface area contributed by atoms with Crippen molar-refractivity contribution in [2.24, 2.45) is 0 Å². The second-order valence-electron chi connectivity index (χ2n) is 4.82. The normalized spacial score (nSPS) is 14.2. The van der Waals surface area contributed by atoms with Gasteiger partial charge in [-0.1, -0.05) is 36.4 Å².